The van der Waals surface area contributed by atoms with Gasteiger partial charge in [-0.1, -0.05) is 12.1 Å². The van der Waals surface area contributed by atoms with Crippen molar-refractivity contribution in [2.75, 3.05) is 6.54 Å². The van der Waals surface area contributed by atoms with Crippen LogP contribution in [0.5, 0.6) is 0 Å². The number of alkyl halides is 3. The molecule has 0 saturated heterocycles. The number of benzene rings is 1. The Labute approximate surface area is 169 Å². The first kappa shape index (κ1) is 21.5. The molecule has 1 aliphatic rings. The Balaban J connectivity index is 0.000000318. The zero-order valence-electron chi connectivity index (χ0n) is 15.8. The van der Waals surface area contributed by atoms with E-state index in [-0.39, 0.29) is 5.82 Å². The Bertz CT molecular complexity index is 968. The van der Waals surface area contributed by atoms with Gasteiger partial charge in [-0.25, -0.2) is 14.2 Å². The molecule has 0 fully saturated rings. The van der Waals surface area contributed by atoms with Gasteiger partial charge in [0.2, 0.25) is 0 Å². The van der Waals surface area contributed by atoms with E-state index in [1.54, 1.807) is 6.20 Å². The molecular formula is C19H19F4N5O2. The number of hydrogen-bond acceptors (Lipinski definition) is 4. The number of carbonyl (C=O) groups is 1. The Morgan fingerprint density at radius 2 is 1.83 bits per heavy atom. The van der Waals surface area contributed by atoms with Gasteiger partial charge in [0, 0.05) is 32.0 Å². The van der Waals surface area contributed by atoms with E-state index in [1.165, 1.54) is 17.8 Å². The third-order valence-electron chi connectivity index (χ3n) is 4.47. The van der Waals surface area contributed by atoms with Crippen LogP contribution in [0, 0.1) is 5.82 Å². The number of nitrogens with zero attached hydrogens (tertiary/aromatic N) is 5. The molecule has 0 aliphatic carbocycles. The van der Waals surface area contributed by atoms with Crippen LogP contribution in [-0.4, -0.2) is 48.0 Å². The first-order valence-electron chi connectivity index (χ1n) is 9.00. The van der Waals surface area contributed by atoms with E-state index < -0.39 is 12.1 Å². The maximum absolute atomic E-state index is 13.0. The van der Waals surface area contributed by atoms with Crippen molar-refractivity contribution in [1.29, 1.82) is 0 Å². The van der Waals surface area contributed by atoms with Gasteiger partial charge in [0.25, 0.3) is 0 Å². The van der Waals surface area contributed by atoms with E-state index in [2.05, 4.69) is 19.5 Å². The SMILES string of the molecule is Fc1ccc(CN2CCn3c(Cn4cccn4)cnc3C2)cc1.O=C(O)C(F)(F)F. The van der Waals surface area contributed by atoms with Crippen molar-refractivity contribution in [3.05, 3.63) is 71.8 Å². The van der Waals surface area contributed by atoms with Crippen molar-refractivity contribution >= 4 is 5.97 Å². The summed E-state index contributed by atoms with van der Waals surface area (Å²) in [6, 6.07) is 8.65. The highest BCUT2D eigenvalue weighted by Crippen LogP contribution is 2.17. The smallest absolute Gasteiger partial charge is 0.475 e. The van der Waals surface area contributed by atoms with Gasteiger partial charge in [0.1, 0.15) is 11.6 Å². The van der Waals surface area contributed by atoms with Crippen molar-refractivity contribution in [3.8, 4) is 0 Å². The van der Waals surface area contributed by atoms with Gasteiger partial charge in [-0.15, -0.1) is 0 Å². The van der Waals surface area contributed by atoms with E-state index in [4.69, 9.17) is 9.90 Å². The maximum atomic E-state index is 13.0. The minimum absolute atomic E-state index is 0.189. The molecule has 0 bridgehead atoms. The predicted octanol–water partition coefficient (Wildman–Crippen LogP) is 2.92. The number of aliphatic carboxylic acids is 1. The molecule has 7 nitrogen and oxygen atoms in total. The lowest BCUT2D eigenvalue weighted by atomic mass is 10.2. The third-order valence-corrected chi connectivity index (χ3v) is 4.47. The molecule has 4 rings (SSSR count). The molecule has 1 N–H and O–H groups in total. The van der Waals surface area contributed by atoms with Crippen LogP contribution < -0.4 is 0 Å². The molecule has 1 aromatic carbocycles. The fourth-order valence-corrected chi connectivity index (χ4v) is 3.04. The molecule has 3 aromatic rings. The molecule has 0 saturated carbocycles. The summed E-state index contributed by atoms with van der Waals surface area (Å²) in [5.41, 5.74) is 2.31. The molecule has 160 valence electrons. The molecule has 11 heteroatoms. The minimum atomic E-state index is -5.08. The topological polar surface area (TPSA) is 76.2 Å². The second kappa shape index (κ2) is 9.08. The van der Waals surface area contributed by atoms with Gasteiger partial charge in [0.05, 0.1) is 25.0 Å². The average molecular weight is 425 g/mol. The summed E-state index contributed by atoms with van der Waals surface area (Å²) in [5, 5.41) is 11.4. The Morgan fingerprint density at radius 3 is 2.43 bits per heavy atom. The molecule has 0 atom stereocenters. The van der Waals surface area contributed by atoms with Crippen molar-refractivity contribution in [3.63, 3.8) is 0 Å². The van der Waals surface area contributed by atoms with Gasteiger partial charge in [-0.3, -0.25) is 9.58 Å². The van der Waals surface area contributed by atoms with Gasteiger partial charge in [0.15, 0.2) is 0 Å². The quantitative estimate of drug-likeness (QED) is 0.651. The van der Waals surface area contributed by atoms with Crippen LogP contribution in [0.2, 0.25) is 0 Å². The number of imidazole rings is 1. The number of fused-ring (bicyclic) bond motifs is 1. The number of hydrogen-bond donors (Lipinski definition) is 1. The molecule has 1 aliphatic heterocycles. The van der Waals surface area contributed by atoms with Crippen molar-refractivity contribution in [2.24, 2.45) is 0 Å². The molecule has 0 amide bonds. The van der Waals surface area contributed by atoms with E-state index in [0.717, 1.165) is 44.1 Å². The number of carboxylic acids is 1. The largest absolute Gasteiger partial charge is 0.490 e. The highest BCUT2D eigenvalue weighted by atomic mass is 19.4. The monoisotopic (exact) mass is 425 g/mol. The van der Waals surface area contributed by atoms with Gasteiger partial charge in [-0.05, 0) is 23.8 Å². The Morgan fingerprint density at radius 1 is 1.13 bits per heavy atom. The molecule has 0 spiro atoms. The van der Waals surface area contributed by atoms with Crippen molar-refractivity contribution < 1.29 is 27.5 Å². The normalized spacial score (nSPS) is 14.0. The summed E-state index contributed by atoms with van der Waals surface area (Å²) >= 11 is 0. The van der Waals surface area contributed by atoms with Crippen LogP contribution in [0.3, 0.4) is 0 Å². The fraction of sp³-hybridized carbons (Fsp3) is 0.316. The van der Waals surface area contributed by atoms with E-state index in [1.807, 2.05) is 35.3 Å². The molecule has 30 heavy (non-hydrogen) atoms. The zero-order valence-corrected chi connectivity index (χ0v) is 15.8. The van der Waals surface area contributed by atoms with Crippen LogP contribution in [-0.2, 0) is 31.0 Å². The lowest BCUT2D eigenvalue weighted by molar-refractivity contribution is -0.192. The van der Waals surface area contributed by atoms with E-state index in [9.17, 15) is 17.6 Å². The average Bonchev–Trinajstić information content (AvgIpc) is 3.34. The van der Waals surface area contributed by atoms with Crippen LogP contribution in [0.1, 0.15) is 17.1 Å². The predicted molar refractivity (Wildman–Crippen MR) is 97.8 cm³/mol. The van der Waals surface area contributed by atoms with E-state index >= 15 is 0 Å². The van der Waals surface area contributed by atoms with Crippen molar-refractivity contribution in [1.82, 2.24) is 24.2 Å². The Kier molecular flexibility index (Phi) is 6.50. The summed E-state index contributed by atoms with van der Waals surface area (Å²) < 4.78 is 48.9. The third kappa shape index (κ3) is 5.66. The molecule has 3 heterocycles. The summed E-state index contributed by atoms with van der Waals surface area (Å²) in [4.78, 5) is 15.8. The van der Waals surface area contributed by atoms with Crippen LogP contribution >= 0.6 is 0 Å². The number of aromatic nitrogens is 4. The molecule has 0 unspecified atom stereocenters. The van der Waals surface area contributed by atoms with Gasteiger partial charge in [-0.2, -0.15) is 18.3 Å². The van der Waals surface area contributed by atoms with Crippen LogP contribution in [0.15, 0.2) is 48.9 Å². The molecular weight excluding hydrogens is 406 g/mol. The van der Waals surface area contributed by atoms with Gasteiger partial charge < -0.3 is 9.67 Å². The first-order valence-corrected chi connectivity index (χ1v) is 9.00. The molecule has 2 aromatic heterocycles. The highest BCUT2D eigenvalue weighted by molar-refractivity contribution is 5.73. The lowest BCUT2D eigenvalue weighted by Gasteiger charge is -2.28. The van der Waals surface area contributed by atoms with Crippen LogP contribution in [0.25, 0.3) is 0 Å². The van der Waals surface area contributed by atoms with E-state index in [0.29, 0.717) is 0 Å². The van der Waals surface area contributed by atoms with Gasteiger partial charge >= 0.3 is 12.1 Å². The lowest BCUT2D eigenvalue weighted by Crippen LogP contribution is -2.34. The number of carboxylic acid groups (broad SMARTS) is 1. The van der Waals surface area contributed by atoms with Crippen LogP contribution in [0.4, 0.5) is 17.6 Å². The Hall–Kier alpha value is -3.21. The van der Waals surface area contributed by atoms with Crippen molar-refractivity contribution in [2.45, 2.75) is 32.4 Å². The summed E-state index contributed by atoms with van der Waals surface area (Å²) in [5.74, 6) is -1.86. The summed E-state index contributed by atoms with van der Waals surface area (Å²) in [6.07, 6.45) is 0.611. The zero-order chi connectivity index (χ0) is 21.7. The summed E-state index contributed by atoms with van der Waals surface area (Å²) in [7, 11) is 0. The minimum Gasteiger partial charge on any atom is -0.475 e. The standard InChI is InChI=1S/C17H18FN5.C2HF3O2/c18-15-4-2-14(3-5-15)11-21-8-9-23-16(10-19-17(23)13-21)12-22-7-1-6-20-22;3-2(4,5)1(6)7/h1-7,10H,8-9,11-13H2;(H,6,7). The molecule has 0 radical (unpaired) electrons. The second-order valence-corrected chi connectivity index (χ2v) is 6.66. The number of halogens is 4. The fourth-order valence-electron chi connectivity index (χ4n) is 3.04. The highest BCUT2D eigenvalue weighted by Gasteiger charge is 2.38. The second-order valence-electron chi connectivity index (χ2n) is 6.66. The number of rotatable bonds is 4. The first-order chi connectivity index (χ1) is 14.2. The summed E-state index contributed by atoms with van der Waals surface area (Å²) in [6.45, 7) is 4.27. The maximum Gasteiger partial charge on any atom is 0.490 e.